The molecule has 1 aliphatic heterocycles. The predicted molar refractivity (Wildman–Crippen MR) is 84.9 cm³/mol. The smallest absolute Gasteiger partial charge is 0.239 e. The van der Waals surface area contributed by atoms with Crippen LogP contribution in [0.4, 0.5) is 5.69 Å². The van der Waals surface area contributed by atoms with Gasteiger partial charge in [0, 0.05) is 13.1 Å². The summed E-state index contributed by atoms with van der Waals surface area (Å²) in [6, 6.07) is 14.3. The maximum absolute atomic E-state index is 12.5. The summed E-state index contributed by atoms with van der Waals surface area (Å²) in [6.45, 7) is 0.978. The van der Waals surface area contributed by atoms with Crippen LogP contribution < -0.4 is 13.8 Å². The van der Waals surface area contributed by atoms with Crippen LogP contribution in [0.15, 0.2) is 48.5 Å². The van der Waals surface area contributed by atoms with Gasteiger partial charge in [0.2, 0.25) is 10.0 Å². The number of benzene rings is 2. The molecular weight excluding hydrogens is 302 g/mol. The highest BCUT2D eigenvalue weighted by atomic mass is 32.2. The largest absolute Gasteiger partial charge is 0.486 e. The second-order valence-corrected chi connectivity index (χ2v) is 7.04. The molecule has 0 amide bonds. The highest BCUT2D eigenvalue weighted by Gasteiger charge is 2.21. The van der Waals surface area contributed by atoms with Gasteiger partial charge in [0.25, 0.3) is 0 Å². The van der Waals surface area contributed by atoms with Gasteiger partial charge in [0.15, 0.2) is 11.5 Å². The van der Waals surface area contributed by atoms with Crippen LogP contribution in [0, 0.1) is 0 Å². The minimum Gasteiger partial charge on any atom is -0.486 e. The summed E-state index contributed by atoms with van der Waals surface area (Å²) in [5.41, 5.74) is 1.31. The first-order valence-electron chi connectivity index (χ1n) is 6.96. The zero-order valence-corrected chi connectivity index (χ0v) is 13.0. The highest BCUT2D eigenvalue weighted by Crippen LogP contribution is 2.34. The molecule has 0 aliphatic carbocycles. The van der Waals surface area contributed by atoms with Gasteiger partial charge in [-0.25, -0.2) is 8.42 Å². The van der Waals surface area contributed by atoms with Gasteiger partial charge < -0.3 is 9.47 Å². The lowest BCUT2D eigenvalue weighted by atomic mass is 10.2. The van der Waals surface area contributed by atoms with Gasteiger partial charge in [-0.15, -0.1) is 0 Å². The van der Waals surface area contributed by atoms with Crippen molar-refractivity contribution in [3.8, 4) is 11.5 Å². The van der Waals surface area contributed by atoms with Crippen LogP contribution >= 0.6 is 0 Å². The third-order valence-electron chi connectivity index (χ3n) is 3.50. The third kappa shape index (κ3) is 3.01. The van der Waals surface area contributed by atoms with Gasteiger partial charge in [-0.1, -0.05) is 30.3 Å². The van der Waals surface area contributed by atoms with Crippen molar-refractivity contribution in [2.24, 2.45) is 0 Å². The molecule has 2 aromatic carbocycles. The first-order chi connectivity index (χ1) is 10.6. The summed E-state index contributed by atoms with van der Waals surface area (Å²) in [6.07, 6.45) is 0. The van der Waals surface area contributed by atoms with Crippen LogP contribution in [0.2, 0.25) is 0 Å². The summed E-state index contributed by atoms with van der Waals surface area (Å²) < 4.78 is 37.3. The molecule has 0 bridgehead atoms. The lowest BCUT2D eigenvalue weighted by molar-refractivity contribution is 0.171. The zero-order chi connectivity index (χ0) is 15.6. The predicted octanol–water partition coefficient (Wildman–Crippen LogP) is 2.42. The van der Waals surface area contributed by atoms with E-state index in [2.05, 4.69) is 0 Å². The minimum atomic E-state index is -3.46. The summed E-state index contributed by atoms with van der Waals surface area (Å²) in [4.78, 5) is 0. The minimum absolute atomic E-state index is 0.0429. The number of anilines is 1. The molecule has 5 nitrogen and oxygen atoms in total. The number of rotatable bonds is 4. The molecule has 0 saturated heterocycles. The van der Waals surface area contributed by atoms with Crippen molar-refractivity contribution in [3.05, 3.63) is 54.1 Å². The Balaban J connectivity index is 1.85. The lowest BCUT2D eigenvalue weighted by Crippen LogP contribution is -2.28. The summed E-state index contributed by atoms with van der Waals surface area (Å²) in [5.74, 6) is 1.17. The van der Waals surface area contributed by atoms with E-state index in [1.165, 1.54) is 4.31 Å². The number of nitrogens with zero attached hydrogens (tertiary/aromatic N) is 1. The van der Waals surface area contributed by atoms with E-state index >= 15 is 0 Å². The Morgan fingerprint density at radius 3 is 2.41 bits per heavy atom. The van der Waals surface area contributed by atoms with Gasteiger partial charge in [0.1, 0.15) is 13.2 Å². The normalized spacial score (nSPS) is 13.7. The fourth-order valence-corrected chi connectivity index (χ4v) is 3.51. The van der Waals surface area contributed by atoms with Crippen LogP contribution in [0.5, 0.6) is 11.5 Å². The van der Waals surface area contributed by atoms with Gasteiger partial charge in [-0.3, -0.25) is 4.31 Å². The van der Waals surface area contributed by atoms with Crippen molar-refractivity contribution in [1.29, 1.82) is 0 Å². The molecule has 1 aliphatic rings. The Kier molecular flexibility index (Phi) is 3.94. The number of hydrogen-bond acceptors (Lipinski definition) is 4. The Morgan fingerprint density at radius 1 is 1.00 bits per heavy atom. The Morgan fingerprint density at radius 2 is 1.68 bits per heavy atom. The third-order valence-corrected chi connectivity index (χ3v) is 5.24. The highest BCUT2D eigenvalue weighted by molar-refractivity contribution is 7.92. The van der Waals surface area contributed by atoms with Crippen molar-refractivity contribution in [1.82, 2.24) is 0 Å². The fourth-order valence-electron chi connectivity index (χ4n) is 2.27. The Bertz CT molecular complexity index is 759. The quantitative estimate of drug-likeness (QED) is 0.868. The standard InChI is InChI=1S/C16H17NO4S/c1-17(22(18,19)12-13-5-3-2-4-6-13)14-7-8-15-16(11-14)21-10-9-20-15/h2-8,11H,9-10,12H2,1H3. The van der Waals surface area contributed by atoms with Crippen molar-refractivity contribution >= 4 is 15.7 Å². The van der Waals surface area contributed by atoms with E-state index in [9.17, 15) is 8.42 Å². The fraction of sp³-hybridized carbons (Fsp3) is 0.250. The molecule has 6 heteroatoms. The molecule has 0 unspecified atom stereocenters. The Hall–Kier alpha value is -2.21. The zero-order valence-electron chi connectivity index (χ0n) is 12.2. The number of fused-ring (bicyclic) bond motifs is 1. The van der Waals surface area contributed by atoms with Gasteiger partial charge >= 0.3 is 0 Å². The topological polar surface area (TPSA) is 55.8 Å². The molecule has 0 atom stereocenters. The molecule has 2 aromatic rings. The van der Waals surface area contributed by atoms with Crippen LogP contribution in [0.1, 0.15) is 5.56 Å². The van der Waals surface area contributed by atoms with Gasteiger partial charge in [0.05, 0.1) is 11.4 Å². The molecule has 3 rings (SSSR count). The SMILES string of the molecule is CN(c1ccc2c(c1)OCCO2)S(=O)(=O)Cc1ccccc1. The van der Waals surface area contributed by atoms with E-state index in [1.54, 1.807) is 37.4 Å². The van der Waals surface area contributed by atoms with E-state index in [0.717, 1.165) is 5.56 Å². The lowest BCUT2D eigenvalue weighted by Gasteiger charge is -2.23. The van der Waals surface area contributed by atoms with E-state index < -0.39 is 10.0 Å². The molecule has 0 radical (unpaired) electrons. The van der Waals surface area contributed by atoms with E-state index in [-0.39, 0.29) is 5.75 Å². The molecule has 0 aromatic heterocycles. The van der Waals surface area contributed by atoms with E-state index in [0.29, 0.717) is 30.4 Å². The average molecular weight is 319 g/mol. The van der Waals surface area contributed by atoms with Gasteiger partial charge in [-0.05, 0) is 17.7 Å². The monoisotopic (exact) mass is 319 g/mol. The number of ether oxygens (including phenoxy) is 2. The molecule has 0 fully saturated rings. The van der Waals surface area contributed by atoms with Crippen molar-refractivity contribution in [3.63, 3.8) is 0 Å². The first-order valence-corrected chi connectivity index (χ1v) is 8.57. The summed E-state index contributed by atoms with van der Waals surface area (Å²) in [5, 5.41) is 0. The van der Waals surface area contributed by atoms with E-state index in [1.807, 2.05) is 18.2 Å². The van der Waals surface area contributed by atoms with Crippen molar-refractivity contribution in [2.75, 3.05) is 24.6 Å². The first kappa shape index (κ1) is 14.7. The second-order valence-electron chi connectivity index (χ2n) is 5.04. The van der Waals surface area contributed by atoms with Crippen LogP contribution in [0.25, 0.3) is 0 Å². The molecule has 22 heavy (non-hydrogen) atoms. The van der Waals surface area contributed by atoms with Crippen molar-refractivity contribution in [2.45, 2.75) is 5.75 Å². The van der Waals surface area contributed by atoms with E-state index in [4.69, 9.17) is 9.47 Å². The molecule has 116 valence electrons. The summed E-state index contributed by atoms with van der Waals surface area (Å²) in [7, 11) is -1.91. The van der Waals surface area contributed by atoms with Crippen LogP contribution in [-0.4, -0.2) is 28.7 Å². The number of sulfonamides is 1. The second kappa shape index (κ2) is 5.88. The summed E-state index contributed by atoms with van der Waals surface area (Å²) >= 11 is 0. The van der Waals surface area contributed by atoms with Crippen LogP contribution in [-0.2, 0) is 15.8 Å². The molecule has 0 spiro atoms. The maximum atomic E-state index is 12.5. The molecule has 0 saturated carbocycles. The Labute approximate surface area is 130 Å². The number of hydrogen-bond donors (Lipinski definition) is 0. The van der Waals surface area contributed by atoms with Crippen LogP contribution in [0.3, 0.4) is 0 Å². The van der Waals surface area contributed by atoms with Gasteiger partial charge in [-0.2, -0.15) is 0 Å². The maximum Gasteiger partial charge on any atom is 0.239 e. The average Bonchev–Trinajstić information content (AvgIpc) is 2.54. The molecule has 1 heterocycles. The molecule has 0 N–H and O–H groups in total. The van der Waals surface area contributed by atoms with Crippen molar-refractivity contribution < 1.29 is 17.9 Å². The molecular formula is C16H17NO4S.